The Hall–Kier alpha value is -1.65. The van der Waals surface area contributed by atoms with Gasteiger partial charge >= 0.3 is 5.97 Å². The van der Waals surface area contributed by atoms with Gasteiger partial charge in [0.25, 0.3) is 0 Å². The second-order valence-electron chi connectivity index (χ2n) is 4.65. The Morgan fingerprint density at radius 2 is 2.24 bits per heavy atom. The largest absolute Gasteiger partial charge is 0.477 e. The number of hydrogen-bond acceptors (Lipinski definition) is 4. The van der Waals surface area contributed by atoms with Crippen LogP contribution in [0.15, 0.2) is 6.07 Å². The zero-order valence-corrected chi connectivity index (χ0v) is 10.1. The van der Waals surface area contributed by atoms with Crippen LogP contribution in [-0.4, -0.2) is 27.1 Å². The molecule has 0 saturated heterocycles. The molecular formula is C12H17N3O2. The first kappa shape index (κ1) is 11.8. The van der Waals surface area contributed by atoms with E-state index in [2.05, 4.69) is 22.2 Å². The van der Waals surface area contributed by atoms with E-state index in [1.54, 1.807) is 6.92 Å². The molecule has 2 rings (SSSR count). The molecule has 92 valence electrons. The lowest BCUT2D eigenvalue weighted by Gasteiger charge is -2.31. The lowest BCUT2D eigenvalue weighted by Crippen LogP contribution is -2.31. The summed E-state index contributed by atoms with van der Waals surface area (Å²) < 4.78 is 0. The molecule has 1 saturated carbocycles. The summed E-state index contributed by atoms with van der Waals surface area (Å²) in [6.07, 6.45) is 3.74. The summed E-state index contributed by atoms with van der Waals surface area (Å²) in [7, 11) is 0. The van der Waals surface area contributed by atoms with Gasteiger partial charge < -0.3 is 10.4 Å². The fourth-order valence-corrected chi connectivity index (χ4v) is 2.00. The predicted octanol–water partition coefficient (Wildman–Crippen LogP) is 2.08. The van der Waals surface area contributed by atoms with Gasteiger partial charge in [-0.2, -0.15) is 0 Å². The van der Waals surface area contributed by atoms with Crippen LogP contribution >= 0.6 is 0 Å². The Balaban J connectivity index is 2.11. The lowest BCUT2D eigenvalue weighted by atomic mass is 9.80. The van der Waals surface area contributed by atoms with Gasteiger partial charge in [0.05, 0.1) is 0 Å². The van der Waals surface area contributed by atoms with Crippen molar-refractivity contribution in [3.05, 3.63) is 17.5 Å². The molecule has 0 radical (unpaired) electrons. The normalized spacial score (nSPS) is 17.3. The summed E-state index contributed by atoms with van der Waals surface area (Å²) >= 11 is 0. The SMILES string of the molecule is Cc1cc(C(=O)O)nc(NC(C)C2CCC2)n1. The number of anilines is 1. The quantitative estimate of drug-likeness (QED) is 0.835. The Morgan fingerprint density at radius 1 is 1.53 bits per heavy atom. The molecule has 2 N–H and O–H groups in total. The Bertz CT molecular complexity index is 430. The highest BCUT2D eigenvalue weighted by atomic mass is 16.4. The molecule has 1 unspecified atom stereocenters. The first-order chi connectivity index (χ1) is 8.06. The first-order valence-corrected chi connectivity index (χ1v) is 5.92. The minimum atomic E-state index is -1.02. The molecule has 1 aliphatic rings. The predicted molar refractivity (Wildman–Crippen MR) is 64.2 cm³/mol. The van der Waals surface area contributed by atoms with E-state index in [1.807, 2.05) is 0 Å². The van der Waals surface area contributed by atoms with Crippen LogP contribution in [0.25, 0.3) is 0 Å². The highest BCUT2D eigenvalue weighted by molar-refractivity contribution is 5.85. The van der Waals surface area contributed by atoms with E-state index in [9.17, 15) is 4.79 Å². The van der Waals surface area contributed by atoms with Gasteiger partial charge in [-0.1, -0.05) is 6.42 Å². The number of rotatable bonds is 4. The maximum absolute atomic E-state index is 10.9. The van der Waals surface area contributed by atoms with Crippen LogP contribution in [0.4, 0.5) is 5.95 Å². The standard InChI is InChI=1S/C12H17N3O2/c1-7-6-10(11(16)17)15-12(13-7)14-8(2)9-4-3-5-9/h6,8-9H,3-5H2,1-2H3,(H,16,17)(H,13,14,15). The molecule has 0 spiro atoms. The molecule has 0 aromatic carbocycles. The summed E-state index contributed by atoms with van der Waals surface area (Å²) in [5.41, 5.74) is 0.710. The number of carbonyl (C=O) groups is 1. The molecule has 0 bridgehead atoms. The molecule has 5 heteroatoms. The molecule has 17 heavy (non-hydrogen) atoms. The number of aromatic nitrogens is 2. The molecule has 1 fully saturated rings. The number of carboxylic acids is 1. The monoisotopic (exact) mass is 235 g/mol. The fourth-order valence-electron chi connectivity index (χ4n) is 2.00. The van der Waals surface area contributed by atoms with Gasteiger partial charge in [0.2, 0.25) is 5.95 Å². The second kappa shape index (κ2) is 4.69. The van der Waals surface area contributed by atoms with Crippen molar-refractivity contribution in [3.63, 3.8) is 0 Å². The number of aryl methyl sites for hydroxylation is 1. The lowest BCUT2D eigenvalue weighted by molar-refractivity contribution is 0.0690. The minimum absolute atomic E-state index is 0.0424. The molecule has 1 aliphatic carbocycles. The van der Waals surface area contributed by atoms with E-state index in [4.69, 9.17) is 5.11 Å². The van der Waals surface area contributed by atoms with Gasteiger partial charge in [-0.25, -0.2) is 14.8 Å². The highest BCUT2D eigenvalue weighted by Gasteiger charge is 2.24. The minimum Gasteiger partial charge on any atom is -0.477 e. The molecule has 1 aromatic rings. The van der Waals surface area contributed by atoms with Crippen molar-refractivity contribution in [2.45, 2.75) is 39.2 Å². The zero-order chi connectivity index (χ0) is 12.4. The number of nitrogens with zero attached hydrogens (tertiary/aromatic N) is 2. The number of carboxylic acid groups (broad SMARTS) is 1. The zero-order valence-electron chi connectivity index (χ0n) is 10.1. The van der Waals surface area contributed by atoms with E-state index in [-0.39, 0.29) is 5.69 Å². The third kappa shape index (κ3) is 2.72. The average molecular weight is 235 g/mol. The molecule has 1 heterocycles. The Morgan fingerprint density at radius 3 is 2.76 bits per heavy atom. The summed E-state index contributed by atoms with van der Waals surface area (Å²) in [5.74, 6) is 0.0593. The molecule has 0 aliphatic heterocycles. The average Bonchev–Trinajstić information content (AvgIpc) is 2.13. The molecular weight excluding hydrogens is 218 g/mol. The third-order valence-electron chi connectivity index (χ3n) is 3.29. The molecule has 1 atom stereocenters. The van der Waals surface area contributed by atoms with Crippen LogP contribution in [0.1, 0.15) is 42.4 Å². The smallest absolute Gasteiger partial charge is 0.354 e. The Kier molecular flexibility index (Phi) is 3.26. The van der Waals surface area contributed by atoms with Gasteiger partial charge in [0.15, 0.2) is 5.69 Å². The maximum atomic E-state index is 10.9. The third-order valence-corrected chi connectivity index (χ3v) is 3.29. The topological polar surface area (TPSA) is 75.1 Å². The van der Waals surface area contributed by atoms with Gasteiger partial charge in [-0.15, -0.1) is 0 Å². The summed E-state index contributed by atoms with van der Waals surface area (Å²) in [4.78, 5) is 19.1. The van der Waals surface area contributed by atoms with Crippen molar-refractivity contribution >= 4 is 11.9 Å². The van der Waals surface area contributed by atoms with Crippen LogP contribution in [-0.2, 0) is 0 Å². The van der Waals surface area contributed by atoms with Crippen LogP contribution in [0.3, 0.4) is 0 Å². The Labute approximate surface area is 100 Å². The van der Waals surface area contributed by atoms with Crippen molar-refractivity contribution < 1.29 is 9.90 Å². The number of nitrogens with one attached hydrogen (secondary N) is 1. The van der Waals surface area contributed by atoms with Gasteiger partial charge in [0.1, 0.15) is 0 Å². The van der Waals surface area contributed by atoms with Crippen molar-refractivity contribution in [2.75, 3.05) is 5.32 Å². The number of hydrogen-bond donors (Lipinski definition) is 2. The van der Waals surface area contributed by atoms with Crippen molar-refractivity contribution in [1.29, 1.82) is 0 Å². The molecule has 1 aromatic heterocycles. The van der Waals surface area contributed by atoms with Crippen LogP contribution in [0.2, 0.25) is 0 Å². The highest BCUT2D eigenvalue weighted by Crippen LogP contribution is 2.30. The van der Waals surface area contributed by atoms with Crippen molar-refractivity contribution in [1.82, 2.24) is 9.97 Å². The molecule has 5 nitrogen and oxygen atoms in total. The van der Waals surface area contributed by atoms with E-state index < -0.39 is 5.97 Å². The molecule has 0 amide bonds. The first-order valence-electron chi connectivity index (χ1n) is 5.92. The van der Waals surface area contributed by atoms with E-state index in [0.717, 1.165) is 0 Å². The van der Waals surface area contributed by atoms with Crippen LogP contribution in [0, 0.1) is 12.8 Å². The summed E-state index contributed by atoms with van der Waals surface area (Å²) in [6.45, 7) is 3.86. The summed E-state index contributed by atoms with van der Waals surface area (Å²) in [6, 6.07) is 1.77. The van der Waals surface area contributed by atoms with Crippen molar-refractivity contribution in [3.8, 4) is 0 Å². The maximum Gasteiger partial charge on any atom is 0.354 e. The van der Waals surface area contributed by atoms with E-state index >= 15 is 0 Å². The van der Waals surface area contributed by atoms with Crippen LogP contribution < -0.4 is 5.32 Å². The van der Waals surface area contributed by atoms with Crippen LogP contribution in [0.5, 0.6) is 0 Å². The summed E-state index contributed by atoms with van der Waals surface area (Å²) in [5, 5.41) is 12.1. The van der Waals surface area contributed by atoms with Gasteiger partial charge in [-0.3, -0.25) is 0 Å². The van der Waals surface area contributed by atoms with E-state index in [0.29, 0.717) is 23.6 Å². The van der Waals surface area contributed by atoms with E-state index in [1.165, 1.54) is 25.3 Å². The van der Waals surface area contributed by atoms with Crippen molar-refractivity contribution in [2.24, 2.45) is 5.92 Å². The second-order valence-corrected chi connectivity index (χ2v) is 4.65. The van der Waals surface area contributed by atoms with Gasteiger partial charge in [-0.05, 0) is 38.7 Å². The fraction of sp³-hybridized carbons (Fsp3) is 0.583. The van der Waals surface area contributed by atoms with Gasteiger partial charge in [0, 0.05) is 11.7 Å². The number of aromatic carboxylic acids is 1.